The minimum atomic E-state index is -0.366. The molecule has 0 aromatic carbocycles. The van der Waals surface area contributed by atoms with E-state index in [4.69, 9.17) is 4.74 Å². The summed E-state index contributed by atoms with van der Waals surface area (Å²) in [5, 5.41) is 0. The lowest BCUT2D eigenvalue weighted by Crippen LogP contribution is -2.35. The van der Waals surface area contributed by atoms with Gasteiger partial charge in [-0.05, 0) is 45.4 Å². The maximum absolute atomic E-state index is 11.8. The second-order valence-electron chi connectivity index (χ2n) is 5.84. The molecule has 1 aliphatic heterocycles. The molecule has 0 radical (unpaired) electrons. The number of carbonyl (C=O) groups is 1. The number of nitrogens with zero attached hydrogens (tertiary/aromatic N) is 1. The summed E-state index contributed by atoms with van der Waals surface area (Å²) in [6.07, 6.45) is 3.81. The van der Waals surface area contributed by atoms with Crippen molar-refractivity contribution in [2.45, 2.75) is 45.6 Å². The molecule has 1 amide bonds. The minimum absolute atomic E-state index is 0.128. The Bertz CT molecular complexity index is 245. The molecule has 15 heavy (non-hydrogen) atoms. The van der Waals surface area contributed by atoms with Crippen molar-refractivity contribution in [1.82, 2.24) is 4.90 Å². The molecule has 2 rings (SSSR count). The van der Waals surface area contributed by atoms with Crippen LogP contribution in [0.2, 0.25) is 0 Å². The fourth-order valence-corrected chi connectivity index (χ4v) is 2.71. The number of hydrogen-bond donors (Lipinski definition) is 0. The second-order valence-corrected chi connectivity index (χ2v) is 5.84. The highest BCUT2D eigenvalue weighted by Crippen LogP contribution is 2.38. The van der Waals surface area contributed by atoms with E-state index in [9.17, 15) is 4.79 Å². The smallest absolute Gasteiger partial charge is 0.410 e. The van der Waals surface area contributed by atoms with Crippen molar-refractivity contribution in [3.05, 3.63) is 0 Å². The van der Waals surface area contributed by atoms with Gasteiger partial charge in [-0.15, -0.1) is 0 Å². The molecule has 0 aromatic heterocycles. The van der Waals surface area contributed by atoms with Crippen molar-refractivity contribution in [2.24, 2.45) is 11.8 Å². The predicted molar refractivity (Wildman–Crippen MR) is 58.6 cm³/mol. The van der Waals surface area contributed by atoms with E-state index in [-0.39, 0.29) is 11.7 Å². The molecule has 1 heterocycles. The summed E-state index contributed by atoms with van der Waals surface area (Å²) in [6.45, 7) is 7.59. The van der Waals surface area contributed by atoms with Gasteiger partial charge in [0.1, 0.15) is 5.60 Å². The molecule has 1 saturated heterocycles. The van der Waals surface area contributed by atoms with Crippen molar-refractivity contribution < 1.29 is 9.53 Å². The zero-order valence-electron chi connectivity index (χ0n) is 9.95. The average molecular weight is 211 g/mol. The molecule has 0 N–H and O–H groups in total. The van der Waals surface area contributed by atoms with Crippen molar-refractivity contribution in [2.75, 3.05) is 13.1 Å². The predicted octanol–water partition coefficient (Wildman–Crippen LogP) is 2.65. The van der Waals surface area contributed by atoms with Crippen molar-refractivity contribution in [1.29, 1.82) is 0 Å². The van der Waals surface area contributed by atoms with Gasteiger partial charge < -0.3 is 9.64 Å². The lowest BCUT2D eigenvalue weighted by Gasteiger charge is -2.24. The summed E-state index contributed by atoms with van der Waals surface area (Å²) in [4.78, 5) is 13.7. The number of likely N-dealkylation sites (tertiary alicyclic amines) is 1. The third-order valence-corrected chi connectivity index (χ3v) is 3.38. The Balaban J connectivity index is 1.88. The molecular formula is C12H21NO2. The summed E-state index contributed by atoms with van der Waals surface area (Å²) in [7, 11) is 0. The van der Waals surface area contributed by atoms with Gasteiger partial charge in [0.25, 0.3) is 0 Å². The van der Waals surface area contributed by atoms with Crippen LogP contribution in [0, 0.1) is 11.8 Å². The van der Waals surface area contributed by atoms with E-state index in [1.165, 1.54) is 19.3 Å². The molecule has 0 aromatic rings. The number of amides is 1. The number of carbonyl (C=O) groups excluding carboxylic acids is 1. The highest BCUT2D eigenvalue weighted by Gasteiger charge is 2.39. The Morgan fingerprint density at radius 3 is 2.20 bits per heavy atom. The zero-order chi connectivity index (χ0) is 11.1. The number of ether oxygens (including phenoxy) is 1. The van der Waals surface area contributed by atoms with E-state index in [0.29, 0.717) is 0 Å². The number of rotatable bonds is 0. The van der Waals surface area contributed by atoms with E-state index in [1.807, 2.05) is 25.7 Å². The minimum Gasteiger partial charge on any atom is -0.444 e. The summed E-state index contributed by atoms with van der Waals surface area (Å²) in [5.74, 6) is 1.50. The molecule has 3 heteroatoms. The van der Waals surface area contributed by atoms with Crippen LogP contribution in [0.1, 0.15) is 40.0 Å². The molecule has 2 aliphatic rings. The van der Waals surface area contributed by atoms with Gasteiger partial charge in [-0.1, -0.05) is 6.42 Å². The van der Waals surface area contributed by atoms with Crippen LogP contribution in [-0.2, 0) is 4.74 Å². The van der Waals surface area contributed by atoms with Crippen molar-refractivity contribution in [3.63, 3.8) is 0 Å². The SMILES string of the molecule is CC(C)(C)OC(=O)N1C[C@@H]2CCC[C@H]2C1. The third kappa shape index (κ3) is 2.44. The Labute approximate surface area is 91.8 Å². The first kappa shape index (κ1) is 10.8. The Hall–Kier alpha value is -0.730. The van der Waals surface area contributed by atoms with Gasteiger partial charge in [0.15, 0.2) is 0 Å². The largest absolute Gasteiger partial charge is 0.444 e. The summed E-state index contributed by atoms with van der Waals surface area (Å²) in [6, 6.07) is 0. The fraction of sp³-hybridized carbons (Fsp3) is 0.917. The zero-order valence-corrected chi connectivity index (χ0v) is 9.95. The molecule has 0 spiro atoms. The van der Waals surface area contributed by atoms with Crippen LogP contribution >= 0.6 is 0 Å². The van der Waals surface area contributed by atoms with E-state index in [2.05, 4.69) is 0 Å². The van der Waals surface area contributed by atoms with Crippen molar-refractivity contribution in [3.8, 4) is 0 Å². The van der Waals surface area contributed by atoms with Gasteiger partial charge in [0, 0.05) is 13.1 Å². The van der Waals surface area contributed by atoms with Gasteiger partial charge in [0.05, 0.1) is 0 Å². The summed E-state index contributed by atoms with van der Waals surface area (Å²) < 4.78 is 5.37. The van der Waals surface area contributed by atoms with Crippen molar-refractivity contribution >= 4 is 6.09 Å². The number of hydrogen-bond acceptors (Lipinski definition) is 2. The lowest BCUT2D eigenvalue weighted by atomic mass is 10.0. The molecule has 2 atom stereocenters. The van der Waals surface area contributed by atoms with Crippen LogP contribution in [0.5, 0.6) is 0 Å². The summed E-state index contributed by atoms with van der Waals surface area (Å²) >= 11 is 0. The lowest BCUT2D eigenvalue weighted by molar-refractivity contribution is 0.0280. The van der Waals surface area contributed by atoms with E-state index >= 15 is 0 Å². The van der Waals surface area contributed by atoms with Gasteiger partial charge in [-0.3, -0.25) is 0 Å². The quantitative estimate of drug-likeness (QED) is 0.616. The molecule has 1 saturated carbocycles. The van der Waals surface area contributed by atoms with Crippen LogP contribution in [0.4, 0.5) is 4.79 Å². The van der Waals surface area contributed by atoms with Crippen LogP contribution in [0.25, 0.3) is 0 Å². The first-order chi connectivity index (χ1) is 6.96. The van der Waals surface area contributed by atoms with Crippen LogP contribution < -0.4 is 0 Å². The van der Waals surface area contributed by atoms with Gasteiger partial charge in [-0.2, -0.15) is 0 Å². The Kier molecular flexibility index (Phi) is 2.65. The van der Waals surface area contributed by atoms with E-state index < -0.39 is 0 Å². The average Bonchev–Trinajstić information content (AvgIpc) is 2.56. The first-order valence-electron chi connectivity index (χ1n) is 5.93. The highest BCUT2D eigenvalue weighted by molar-refractivity contribution is 5.68. The third-order valence-electron chi connectivity index (χ3n) is 3.38. The molecule has 3 nitrogen and oxygen atoms in total. The first-order valence-corrected chi connectivity index (χ1v) is 5.93. The highest BCUT2D eigenvalue weighted by atomic mass is 16.6. The van der Waals surface area contributed by atoms with E-state index in [0.717, 1.165) is 24.9 Å². The van der Waals surface area contributed by atoms with Crippen LogP contribution in [0.3, 0.4) is 0 Å². The molecule has 0 bridgehead atoms. The normalized spacial score (nSPS) is 30.5. The topological polar surface area (TPSA) is 29.5 Å². The van der Waals surface area contributed by atoms with Crippen LogP contribution in [-0.4, -0.2) is 29.7 Å². The number of fused-ring (bicyclic) bond motifs is 1. The van der Waals surface area contributed by atoms with Gasteiger partial charge in [0.2, 0.25) is 0 Å². The maximum atomic E-state index is 11.8. The summed E-state index contributed by atoms with van der Waals surface area (Å²) in [5.41, 5.74) is -0.366. The molecular weight excluding hydrogens is 190 g/mol. The molecule has 2 fully saturated rings. The second kappa shape index (κ2) is 3.69. The Morgan fingerprint density at radius 1 is 1.20 bits per heavy atom. The van der Waals surface area contributed by atoms with Gasteiger partial charge >= 0.3 is 6.09 Å². The molecule has 1 aliphatic carbocycles. The standard InChI is InChI=1S/C12H21NO2/c1-12(2,3)15-11(14)13-7-9-5-4-6-10(9)8-13/h9-10H,4-8H2,1-3H3/t9-,10-/m0/s1. The fourth-order valence-electron chi connectivity index (χ4n) is 2.71. The van der Waals surface area contributed by atoms with Gasteiger partial charge in [-0.25, -0.2) is 4.79 Å². The van der Waals surface area contributed by atoms with E-state index in [1.54, 1.807) is 0 Å². The molecule has 86 valence electrons. The van der Waals surface area contributed by atoms with Crippen LogP contribution in [0.15, 0.2) is 0 Å². The monoisotopic (exact) mass is 211 g/mol. The maximum Gasteiger partial charge on any atom is 0.410 e. The Morgan fingerprint density at radius 2 is 1.73 bits per heavy atom. The molecule has 0 unspecified atom stereocenters.